The highest BCUT2D eigenvalue weighted by atomic mass is 16.4. The Bertz CT molecular complexity index is 311. The Kier molecular flexibility index (Phi) is 4.81. The van der Waals surface area contributed by atoms with Gasteiger partial charge in [-0.3, -0.25) is 0 Å². The molecule has 0 spiro atoms. The second kappa shape index (κ2) is 6.37. The van der Waals surface area contributed by atoms with Gasteiger partial charge in [-0.1, -0.05) is 12.5 Å². The molecule has 0 heterocycles. The van der Waals surface area contributed by atoms with Crippen molar-refractivity contribution in [3.63, 3.8) is 0 Å². The highest BCUT2D eigenvalue weighted by molar-refractivity contribution is 5.79. The van der Waals surface area contributed by atoms with Gasteiger partial charge in [-0.2, -0.15) is 0 Å². The molecule has 18 heavy (non-hydrogen) atoms. The van der Waals surface area contributed by atoms with E-state index >= 15 is 0 Å². The van der Waals surface area contributed by atoms with Gasteiger partial charge in [0.15, 0.2) is 0 Å². The molecule has 0 saturated heterocycles. The van der Waals surface area contributed by atoms with Crippen molar-refractivity contribution in [2.45, 2.75) is 44.9 Å². The lowest BCUT2D eigenvalue weighted by Crippen LogP contribution is -2.25. The molecule has 2 saturated carbocycles. The molecular formula is C15H24O3. The molecule has 0 aromatic carbocycles. The standard InChI is InChI=1S/C15H24O3/c16-10-14-12-8-7-11(9-12)13(14)5-3-1-2-4-6-15(17)18/h4,6,11-14,16H,1-3,5,7-10H2,(H,17,18)/b6-4+/t11-,12+,13-,14+/m1/s1. The fraction of sp³-hybridized carbons (Fsp3) is 0.800. The second-order valence-electron chi connectivity index (χ2n) is 5.87. The summed E-state index contributed by atoms with van der Waals surface area (Å²) in [5.74, 6) is 2.08. The average Bonchev–Trinajstić information content (AvgIpc) is 2.93. The predicted molar refractivity (Wildman–Crippen MR) is 70.1 cm³/mol. The van der Waals surface area contributed by atoms with Gasteiger partial charge in [0.2, 0.25) is 0 Å². The van der Waals surface area contributed by atoms with Crippen LogP contribution in [0.25, 0.3) is 0 Å². The molecule has 2 fully saturated rings. The Balaban J connectivity index is 1.66. The van der Waals surface area contributed by atoms with Crippen LogP contribution in [0.2, 0.25) is 0 Å². The minimum absolute atomic E-state index is 0.366. The van der Waals surface area contributed by atoms with Crippen molar-refractivity contribution in [3.05, 3.63) is 12.2 Å². The van der Waals surface area contributed by atoms with Crippen molar-refractivity contribution in [2.24, 2.45) is 23.7 Å². The number of carboxylic acid groups (broad SMARTS) is 1. The van der Waals surface area contributed by atoms with E-state index in [2.05, 4.69) is 0 Å². The first kappa shape index (κ1) is 13.6. The highest BCUT2D eigenvalue weighted by Crippen LogP contribution is 2.53. The lowest BCUT2D eigenvalue weighted by atomic mass is 9.77. The summed E-state index contributed by atoms with van der Waals surface area (Å²) in [7, 11) is 0. The summed E-state index contributed by atoms with van der Waals surface area (Å²) in [4.78, 5) is 10.3. The summed E-state index contributed by atoms with van der Waals surface area (Å²) in [6.45, 7) is 0.366. The minimum Gasteiger partial charge on any atom is -0.478 e. The monoisotopic (exact) mass is 252 g/mol. The van der Waals surface area contributed by atoms with Gasteiger partial charge in [-0.05, 0) is 62.2 Å². The molecule has 102 valence electrons. The van der Waals surface area contributed by atoms with Crippen LogP contribution in [0.4, 0.5) is 0 Å². The maximum absolute atomic E-state index is 10.3. The number of carbonyl (C=O) groups is 1. The van der Waals surface area contributed by atoms with Crippen LogP contribution >= 0.6 is 0 Å². The smallest absolute Gasteiger partial charge is 0.327 e. The third-order valence-electron chi connectivity index (χ3n) is 4.90. The fourth-order valence-corrected chi connectivity index (χ4v) is 4.09. The molecule has 0 unspecified atom stereocenters. The van der Waals surface area contributed by atoms with Crippen molar-refractivity contribution >= 4 is 5.97 Å². The summed E-state index contributed by atoms with van der Waals surface area (Å²) in [6.07, 6.45) is 11.3. The Labute approximate surface area is 109 Å². The van der Waals surface area contributed by atoms with E-state index in [4.69, 9.17) is 5.11 Å². The lowest BCUT2D eigenvalue weighted by molar-refractivity contribution is -0.131. The van der Waals surface area contributed by atoms with E-state index in [1.165, 1.54) is 31.8 Å². The van der Waals surface area contributed by atoms with Crippen LogP contribution in [0, 0.1) is 23.7 Å². The Hall–Kier alpha value is -0.830. The third-order valence-corrected chi connectivity index (χ3v) is 4.90. The number of aliphatic hydroxyl groups is 1. The summed E-state index contributed by atoms with van der Waals surface area (Å²) < 4.78 is 0. The van der Waals surface area contributed by atoms with Gasteiger partial charge in [0, 0.05) is 12.7 Å². The first-order valence-corrected chi connectivity index (χ1v) is 7.22. The van der Waals surface area contributed by atoms with Gasteiger partial charge in [-0.25, -0.2) is 4.79 Å². The number of allylic oxidation sites excluding steroid dienone is 1. The van der Waals surface area contributed by atoms with Crippen LogP contribution in [0.3, 0.4) is 0 Å². The molecule has 2 N–H and O–H groups in total. The van der Waals surface area contributed by atoms with Gasteiger partial charge in [0.05, 0.1) is 0 Å². The van der Waals surface area contributed by atoms with Crippen molar-refractivity contribution in [2.75, 3.05) is 6.61 Å². The van der Waals surface area contributed by atoms with Gasteiger partial charge < -0.3 is 10.2 Å². The van der Waals surface area contributed by atoms with E-state index in [1.54, 1.807) is 6.08 Å². The first-order chi connectivity index (χ1) is 8.72. The van der Waals surface area contributed by atoms with Crippen LogP contribution in [-0.2, 0) is 4.79 Å². The summed E-state index contributed by atoms with van der Waals surface area (Å²) in [6, 6.07) is 0. The number of hydrogen-bond donors (Lipinski definition) is 2. The number of hydrogen-bond acceptors (Lipinski definition) is 2. The van der Waals surface area contributed by atoms with Gasteiger partial charge in [0.25, 0.3) is 0 Å². The molecule has 2 aliphatic rings. The summed E-state index contributed by atoms with van der Waals surface area (Å²) in [5, 5.41) is 18.0. The zero-order valence-corrected chi connectivity index (χ0v) is 10.9. The minimum atomic E-state index is -0.858. The molecule has 2 bridgehead atoms. The van der Waals surface area contributed by atoms with E-state index in [0.717, 1.165) is 37.0 Å². The molecule has 0 aromatic rings. The van der Waals surface area contributed by atoms with Crippen molar-refractivity contribution in [3.8, 4) is 0 Å². The third kappa shape index (κ3) is 3.14. The molecule has 3 heteroatoms. The molecule has 0 radical (unpaired) electrons. The average molecular weight is 252 g/mol. The molecule has 0 amide bonds. The number of unbranched alkanes of at least 4 members (excludes halogenated alkanes) is 2. The maximum atomic E-state index is 10.3. The zero-order chi connectivity index (χ0) is 13.0. The van der Waals surface area contributed by atoms with Crippen molar-refractivity contribution < 1.29 is 15.0 Å². The van der Waals surface area contributed by atoms with Crippen LogP contribution in [0.5, 0.6) is 0 Å². The Morgan fingerprint density at radius 2 is 1.89 bits per heavy atom. The largest absolute Gasteiger partial charge is 0.478 e. The quantitative estimate of drug-likeness (QED) is 0.541. The topological polar surface area (TPSA) is 57.5 Å². The zero-order valence-electron chi connectivity index (χ0n) is 10.9. The second-order valence-corrected chi connectivity index (χ2v) is 5.87. The van der Waals surface area contributed by atoms with Crippen LogP contribution < -0.4 is 0 Å². The van der Waals surface area contributed by atoms with Gasteiger partial charge in [-0.15, -0.1) is 0 Å². The van der Waals surface area contributed by atoms with E-state index in [1.807, 2.05) is 0 Å². The van der Waals surface area contributed by atoms with E-state index < -0.39 is 5.97 Å². The summed E-state index contributed by atoms with van der Waals surface area (Å²) in [5.41, 5.74) is 0. The number of carboxylic acids is 1. The van der Waals surface area contributed by atoms with E-state index in [9.17, 15) is 9.90 Å². The molecule has 0 aliphatic heterocycles. The molecule has 3 nitrogen and oxygen atoms in total. The normalized spacial score (nSPS) is 34.5. The number of fused-ring (bicyclic) bond motifs is 2. The SMILES string of the molecule is O=C(O)/C=C/CCCC[C@@H]1[C@@H]2CC[C@@H](C2)[C@@H]1CO. The first-order valence-electron chi connectivity index (χ1n) is 7.22. The fourth-order valence-electron chi connectivity index (χ4n) is 4.09. The number of aliphatic carboxylic acids is 1. The van der Waals surface area contributed by atoms with Gasteiger partial charge >= 0.3 is 5.97 Å². The molecule has 4 atom stereocenters. The van der Waals surface area contributed by atoms with Crippen LogP contribution in [0.1, 0.15) is 44.9 Å². The van der Waals surface area contributed by atoms with Crippen LogP contribution in [0.15, 0.2) is 12.2 Å². The van der Waals surface area contributed by atoms with Gasteiger partial charge in [0.1, 0.15) is 0 Å². The maximum Gasteiger partial charge on any atom is 0.327 e. The van der Waals surface area contributed by atoms with Crippen molar-refractivity contribution in [1.29, 1.82) is 0 Å². The predicted octanol–water partition coefficient (Wildman–Crippen LogP) is 2.84. The molecular weight excluding hydrogens is 228 g/mol. The molecule has 0 aromatic heterocycles. The lowest BCUT2D eigenvalue weighted by Gasteiger charge is -2.29. The van der Waals surface area contributed by atoms with Crippen LogP contribution in [-0.4, -0.2) is 22.8 Å². The Morgan fingerprint density at radius 1 is 1.17 bits per heavy atom. The number of rotatable bonds is 7. The highest BCUT2D eigenvalue weighted by Gasteiger charge is 2.46. The number of aliphatic hydroxyl groups excluding tert-OH is 1. The summed E-state index contributed by atoms with van der Waals surface area (Å²) >= 11 is 0. The van der Waals surface area contributed by atoms with E-state index in [0.29, 0.717) is 12.5 Å². The van der Waals surface area contributed by atoms with E-state index in [-0.39, 0.29) is 0 Å². The Morgan fingerprint density at radius 3 is 2.56 bits per heavy atom. The molecule has 2 rings (SSSR count). The molecule has 2 aliphatic carbocycles. The van der Waals surface area contributed by atoms with Crippen molar-refractivity contribution in [1.82, 2.24) is 0 Å².